The average molecular weight is 266 g/mol. The van der Waals surface area contributed by atoms with Crippen molar-refractivity contribution in [1.29, 1.82) is 0 Å². The molecule has 19 heavy (non-hydrogen) atoms. The van der Waals surface area contributed by atoms with Crippen LogP contribution in [0.1, 0.15) is 24.9 Å². The maximum Gasteiger partial charge on any atom is 0.237 e. The van der Waals surface area contributed by atoms with Crippen molar-refractivity contribution in [2.45, 2.75) is 25.4 Å². The highest BCUT2D eigenvalue weighted by atomic mass is 16.5. The van der Waals surface area contributed by atoms with Gasteiger partial charge >= 0.3 is 0 Å². The van der Waals surface area contributed by atoms with Gasteiger partial charge in [-0.1, -0.05) is 12.1 Å². The SMILES string of the molecule is COCCC(N)C(=O)NC(C)c1cccc(OC)c1. The van der Waals surface area contributed by atoms with Crippen LogP contribution in [0.5, 0.6) is 5.75 Å². The minimum Gasteiger partial charge on any atom is -0.497 e. The first kappa shape index (κ1) is 15.5. The van der Waals surface area contributed by atoms with Crippen molar-refractivity contribution >= 4 is 5.91 Å². The molecule has 0 heterocycles. The first-order chi connectivity index (χ1) is 9.08. The van der Waals surface area contributed by atoms with Crippen molar-refractivity contribution in [3.63, 3.8) is 0 Å². The topological polar surface area (TPSA) is 73.6 Å². The third kappa shape index (κ3) is 4.89. The Balaban J connectivity index is 2.58. The zero-order valence-corrected chi connectivity index (χ0v) is 11.7. The van der Waals surface area contributed by atoms with Crippen molar-refractivity contribution in [3.8, 4) is 5.75 Å². The van der Waals surface area contributed by atoms with Crippen LogP contribution in [0.3, 0.4) is 0 Å². The maximum atomic E-state index is 11.9. The summed E-state index contributed by atoms with van der Waals surface area (Å²) in [7, 11) is 3.20. The van der Waals surface area contributed by atoms with E-state index in [0.29, 0.717) is 13.0 Å². The van der Waals surface area contributed by atoms with E-state index in [9.17, 15) is 4.79 Å². The summed E-state index contributed by atoms with van der Waals surface area (Å²) in [5.74, 6) is 0.592. The Kier molecular flexibility index (Phi) is 6.32. The number of hydrogen-bond acceptors (Lipinski definition) is 4. The highest BCUT2D eigenvalue weighted by molar-refractivity contribution is 5.81. The lowest BCUT2D eigenvalue weighted by Gasteiger charge is -2.18. The summed E-state index contributed by atoms with van der Waals surface area (Å²) in [5.41, 5.74) is 6.75. The van der Waals surface area contributed by atoms with E-state index >= 15 is 0 Å². The first-order valence-electron chi connectivity index (χ1n) is 6.27. The summed E-state index contributed by atoms with van der Waals surface area (Å²) in [6, 6.07) is 6.92. The van der Waals surface area contributed by atoms with Crippen LogP contribution >= 0.6 is 0 Å². The number of nitrogens with one attached hydrogen (secondary N) is 1. The smallest absolute Gasteiger partial charge is 0.237 e. The van der Waals surface area contributed by atoms with Gasteiger partial charge in [-0.2, -0.15) is 0 Å². The zero-order chi connectivity index (χ0) is 14.3. The van der Waals surface area contributed by atoms with E-state index in [2.05, 4.69) is 5.32 Å². The van der Waals surface area contributed by atoms with Gasteiger partial charge in [0.15, 0.2) is 0 Å². The van der Waals surface area contributed by atoms with Gasteiger partial charge in [0.2, 0.25) is 5.91 Å². The third-order valence-corrected chi connectivity index (χ3v) is 2.92. The van der Waals surface area contributed by atoms with Gasteiger partial charge in [0.1, 0.15) is 5.75 Å². The minimum absolute atomic E-state index is 0.115. The number of hydrogen-bond donors (Lipinski definition) is 2. The standard InChI is InChI=1S/C14H22N2O3/c1-10(11-5-4-6-12(9-11)19-3)16-14(17)13(15)7-8-18-2/h4-6,9-10,13H,7-8,15H2,1-3H3,(H,16,17). The van der Waals surface area contributed by atoms with Gasteiger partial charge in [-0.05, 0) is 31.0 Å². The molecule has 1 aromatic rings. The number of ether oxygens (including phenoxy) is 2. The molecular formula is C14H22N2O3. The van der Waals surface area contributed by atoms with E-state index in [-0.39, 0.29) is 11.9 Å². The molecule has 1 aromatic carbocycles. The molecule has 2 unspecified atom stereocenters. The summed E-state index contributed by atoms with van der Waals surface area (Å²) in [5, 5.41) is 2.88. The molecule has 106 valence electrons. The van der Waals surface area contributed by atoms with Gasteiger partial charge in [0, 0.05) is 13.7 Å². The Bertz CT molecular complexity index is 409. The van der Waals surface area contributed by atoms with Gasteiger partial charge in [0.05, 0.1) is 19.2 Å². The first-order valence-corrected chi connectivity index (χ1v) is 6.27. The predicted molar refractivity (Wildman–Crippen MR) is 74.0 cm³/mol. The molecule has 0 saturated heterocycles. The van der Waals surface area contributed by atoms with Gasteiger partial charge in [-0.25, -0.2) is 0 Å². The molecule has 0 aromatic heterocycles. The number of carbonyl (C=O) groups is 1. The molecule has 5 heteroatoms. The van der Waals surface area contributed by atoms with Gasteiger partial charge in [-0.3, -0.25) is 4.79 Å². The lowest BCUT2D eigenvalue weighted by atomic mass is 10.1. The molecule has 0 bridgehead atoms. The number of benzene rings is 1. The van der Waals surface area contributed by atoms with E-state index in [0.717, 1.165) is 11.3 Å². The lowest BCUT2D eigenvalue weighted by molar-refractivity contribution is -0.123. The summed E-state index contributed by atoms with van der Waals surface area (Å²) >= 11 is 0. The molecule has 0 fully saturated rings. The maximum absolute atomic E-state index is 11.9. The Morgan fingerprint density at radius 3 is 2.79 bits per heavy atom. The Hall–Kier alpha value is -1.59. The molecule has 0 saturated carbocycles. The fourth-order valence-electron chi connectivity index (χ4n) is 1.69. The quantitative estimate of drug-likeness (QED) is 0.778. The van der Waals surface area contributed by atoms with Crippen LogP contribution in [0.2, 0.25) is 0 Å². The van der Waals surface area contributed by atoms with Crippen LogP contribution in [0.15, 0.2) is 24.3 Å². The van der Waals surface area contributed by atoms with Crippen LogP contribution < -0.4 is 15.8 Å². The van der Waals surface area contributed by atoms with Gasteiger partial charge in [-0.15, -0.1) is 0 Å². The fourth-order valence-corrected chi connectivity index (χ4v) is 1.69. The third-order valence-electron chi connectivity index (χ3n) is 2.92. The van der Waals surface area contributed by atoms with E-state index in [4.69, 9.17) is 15.2 Å². The predicted octanol–water partition coefficient (Wildman–Crippen LogP) is 1.24. The number of nitrogens with two attached hydrogens (primary N) is 1. The molecule has 0 aliphatic rings. The molecule has 2 atom stereocenters. The van der Waals surface area contributed by atoms with E-state index < -0.39 is 6.04 Å². The normalized spacial score (nSPS) is 13.7. The molecule has 0 spiro atoms. The second-order valence-electron chi connectivity index (χ2n) is 4.39. The summed E-state index contributed by atoms with van der Waals surface area (Å²) in [6.07, 6.45) is 0.507. The molecule has 5 nitrogen and oxygen atoms in total. The molecule has 0 radical (unpaired) electrons. The second kappa shape index (κ2) is 7.76. The lowest BCUT2D eigenvalue weighted by Crippen LogP contribution is -2.42. The molecular weight excluding hydrogens is 244 g/mol. The van der Waals surface area contributed by atoms with E-state index in [1.54, 1.807) is 14.2 Å². The van der Waals surface area contributed by atoms with Crippen LogP contribution in [-0.4, -0.2) is 32.8 Å². The van der Waals surface area contributed by atoms with Crippen molar-refractivity contribution in [3.05, 3.63) is 29.8 Å². The van der Waals surface area contributed by atoms with Crippen molar-refractivity contribution in [1.82, 2.24) is 5.32 Å². The van der Waals surface area contributed by atoms with E-state index in [1.807, 2.05) is 31.2 Å². The number of rotatable bonds is 7. The van der Waals surface area contributed by atoms with Crippen LogP contribution in [0.25, 0.3) is 0 Å². The number of carbonyl (C=O) groups excluding carboxylic acids is 1. The van der Waals surface area contributed by atoms with Crippen molar-refractivity contribution in [2.24, 2.45) is 5.73 Å². The van der Waals surface area contributed by atoms with E-state index in [1.165, 1.54) is 0 Å². The minimum atomic E-state index is -0.548. The van der Waals surface area contributed by atoms with Gasteiger partial charge in [0.25, 0.3) is 0 Å². The van der Waals surface area contributed by atoms with Crippen LogP contribution in [0.4, 0.5) is 0 Å². The van der Waals surface area contributed by atoms with Crippen molar-refractivity contribution in [2.75, 3.05) is 20.8 Å². The Morgan fingerprint density at radius 1 is 1.42 bits per heavy atom. The number of amides is 1. The van der Waals surface area contributed by atoms with Crippen LogP contribution in [-0.2, 0) is 9.53 Å². The summed E-state index contributed by atoms with van der Waals surface area (Å²) in [4.78, 5) is 11.9. The average Bonchev–Trinajstić information content (AvgIpc) is 2.44. The zero-order valence-electron chi connectivity index (χ0n) is 11.7. The largest absolute Gasteiger partial charge is 0.497 e. The molecule has 0 aliphatic carbocycles. The summed E-state index contributed by atoms with van der Waals surface area (Å²) < 4.78 is 10.1. The highest BCUT2D eigenvalue weighted by Crippen LogP contribution is 2.18. The molecule has 1 rings (SSSR count). The molecule has 1 amide bonds. The second-order valence-corrected chi connectivity index (χ2v) is 4.39. The summed E-state index contributed by atoms with van der Waals surface area (Å²) in [6.45, 7) is 2.39. The van der Waals surface area contributed by atoms with Crippen LogP contribution in [0, 0.1) is 0 Å². The fraction of sp³-hybridized carbons (Fsp3) is 0.500. The monoisotopic (exact) mass is 266 g/mol. The number of methoxy groups -OCH3 is 2. The molecule has 0 aliphatic heterocycles. The Labute approximate surface area is 114 Å². The Morgan fingerprint density at radius 2 is 2.16 bits per heavy atom. The highest BCUT2D eigenvalue weighted by Gasteiger charge is 2.16. The van der Waals surface area contributed by atoms with Gasteiger partial charge < -0.3 is 20.5 Å². The van der Waals surface area contributed by atoms with Crippen molar-refractivity contribution < 1.29 is 14.3 Å². The molecule has 3 N–H and O–H groups in total.